The predicted molar refractivity (Wildman–Crippen MR) is 18.5 cm³/mol. The molecule has 0 spiro atoms. The first kappa shape index (κ1) is 15.6. The van der Waals surface area contributed by atoms with Crippen LogP contribution in [0.3, 0.4) is 0 Å². The van der Waals surface area contributed by atoms with Gasteiger partial charge in [-0.3, -0.25) is 0 Å². The Morgan fingerprint density at radius 2 is 1.29 bits per heavy atom. The van der Waals surface area contributed by atoms with E-state index in [-0.39, 0.29) is 29.6 Å². The van der Waals surface area contributed by atoms with Crippen LogP contribution in [0.2, 0.25) is 0 Å². The summed E-state index contributed by atoms with van der Waals surface area (Å²) in [7, 11) is 0. The fourth-order valence-corrected chi connectivity index (χ4v) is 0. The van der Waals surface area contributed by atoms with Gasteiger partial charge in [0.15, 0.2) is 0 Å². The molecule has 4 nitrogen and oxygen atoms in total. The second-order valence-corrected chi connectivity index (χ2v) is 0.283. The van der Waals surface area contributed by atoms with Crippen molar-refractivity contribution in [2.24, 2.45) is 0 Å². The monoisotopic (exact) mass is 154 g/mol. The molecule has 0 heterocycles. The first-order valence-corrected chi connectivity index (χ1v) is 1.34. The minimum atomic E-state index is -1.83. The Morgan fingerprint density at radius 3 is 1.29 bits per heavy atom. The molecule has 0 amide bonds. The van der Waals surface area contributed by atoms with E-state index in [1.165, 1.54) is 16.2 Å². The van der Waals surface area contributed by atoms with Gasteiger partial charge in [0.05, 0.1) is 0 Å². The molecule has 0 aromatic carbocycles. The predicted octanol–water partition coefficient (Wildman–Crippen LogP) is -0.547. The SMILES string of the molecule is O=C(O)O.[NaH].[O]=[Cr]. The van der Waals surface area contributed by atoms with Crippen LogP contribution in [0.25, 0.3) is 0 Å². The fourth-order valence-electron chi connectivity index (χ4n) is 0. The minimum absolute atomic E-state index is 0. The summed E-state index contributed by atoms with van der Waals surface area (Å²) in [5.41, 5.74) is 0. The second-order valence-electron chi connectivity index (χ2n) is 0.283. The molecule has 38 valence electrons. The van der Waals surface area contributed by atoms with E-state index in [2.05, 4.69) is 0 Å². The number of hydrogen-bond acceptors (Lipinski definition) is 2. The van der Waals surface area contributed by atoms with Gasteiger partial charge in [0.25, 0.3) is 0 Å². The van der Waals surface area contributed by atoms with Crippen molar-refractivity contribution in [1.29, 1.82) is 0 Å². The quantitative estimate of drug-likeness (QED) is 0.459. The normalized spacial score (nSPS) is 4.00. The molecule has 0 radical (unpaired) electrons. The summed E-state index contributed by atoms with van der Waals surface area (Å²) in [6, 6.07) is 0. The van der Waals surface area contributed by atoms with Gasteiger partial charge in [-0.2, -0.15) is 0 Å². The molecule has 0 unspecified atom stereocenters. The van der Waals surface area contributed by atoms with Gasteiger partial charge in [0.1, 0.15) is 0 Å². The molecule has 0 aromatic heterocycles. The van der Waals surface area contributed by atoms with Crippen molar-refractivity contribution in [1.82, 2.24) is 0 Å². The molecule has 0 atom stereocenters. The molecule has 0 aliphatic heterocycles. The summed E-state index contributed by atoms with van der Waals surface area (Å²) in [6.07, 6.45) is -1.83. The second kappa shape index (κ2) is 16.0. The van der Waals surface area contributed by atoms with Gasteiger partial charge in [-0.05, 0) is 0 Å². The molecule has 0 bridgehead atoms. The van der Waals surface area contributed by atoms with Gasteiger partial charge in [-0.25, -0.2) is 4.79 Å². The average Bonchev–Trinajstić information content (AvgIpc) is 1.41. The zero-order valence-electron chi connectivity index (χ0n) is 2.62. The Kier molecular flexibility index (Phi) is 35.7. The molecule has 0 aliphatic carbocycles. The van der Waals surface area contributed by atoms with E-state index >= 15 is 0 Å². The molecule has 7 heavy (non-hydrogen) atoms. The van der Waals surface area contributed by atoms with Crippen LogP contribution in [-0.4, -0.2) is 45.9 Å². The molecule has 6 heteroatoms. The summed E-state index contributed by atoms with van der Waals surface area (Å²) in [5.74, 6) is 0. The number of carbonyl (C=O) groups is 1. The summed E-state index contributed by atoms with van der Waals surface area (Å²) in [5, 5.41) is 13.9. The van der Waals surface area contributed by atoms with Crippen LogP contribution >= 0.6 is 0 Å². The Balaban J connectivity index is -0.0000000480. The maximum absolute atomic E-state index is 8.56. The van der Waals surface area contributed by atoms with E-state index in [0.29, 0.717) is 0 Å². The first-order valence-electron chi connectivity index (χ1n) is 0.818. The van der Waals surface area contributed by atoms with Gasteiger partial charge in [0, 0.05) is 0 Å². The Morgan fingerprint density at radius 1 is 1.29 bits per heavy atom. The zero-order chi connectivity index (χ0) is 5.58. The molecule has 2 N–H and O–H groups in total. The van der Waals surface area contributed by atoms with Gasteiger partial charge in [-0.15, -0.1) is 0 Å². The van der Waals surface area contributed by atoms with Crippen LogP contribution in [0.1, 0.15) is 0 Å². The van der Waals surface area contributed by atoms with Crippen molar-refractivity contribution >= 4 is 35.7 Å². The zero-order valence-corrected chi connectivity index (χ0v) is 3.89. The Bertz CT molecular complexity index is 43.0. The Labute approximate surface area is 70.4 Å². The van der Waals surface area contributed by atoms with E-state index < -0.39 is 6.16 Å². The maximum atomic E-state index is 8.56. The topological polar surface area (TPSA) is 74.6 Å². The number of carboxylic acid groups (broad SMARTS) is 2. The van der Waals surface area contributed by atoms with Crippen LogP contribution in [0.5, 0.6) is 0 Å². The van der Waals surface area contributed by atoms with E-state index in [1.807, 2.05) is 0 Å². The van der Waals surface area contributed by atoms with Gasteiger partial charge in [0.2, 0.25) is 0 Å². The third kappa shape index (κ3) is 385. The van der Waals surface area contributed by atoms with Crippen molar-refractivity contribution in [3.63, 3.8) is 0 Å². The van der Waals surface area contributed by atoms with Gasteiger partial charge < -0.3 is 10.2 Å². The summed E-state index contributed by atoms with van der Waals surface area (Å²) < 4.78 is 8.12. The van der Waals surface area contributed by atoms with Crippen LogP contribution < -0.4 is 0 Å². The fraction of sp³-hybridized carbons (Fsp3) is 0. The molecule has 0 aliphatic rings. The molecule has 0 aromatic rings. The molecule has 0 fully saturated rings. The first-order chi connectivity index (χ1) is 2.73. The van der Waals surface area contributed by atoms with E-state index in [0.717, 1.165) is 0 Å². The Hall–Kier alpha value is 0.602. The molecular weight excluding hydrogens is 151 g/mol. The average molecular weight is 154 g/mol. The van der Waals surface area contributed by atoms with Crippen molar-refractivity contribution in [3.8, 4) is 0 Å². The molecular formula is CH3CrNaO4. The summed E-state index contributed by atoms with van der Waals surface area (Å²) in [6.45, 7) is 0. The third-order valence-corrected chi connectivity index (χ3v) is 0. The number of rotatable bonds is 0. The standard InChI is InChI=1S/CH2O3.Cr.Na.O.H/c2-1(3)4;;;;/h(H2,2,3,4);;;;. The van der Waals surface area contributed by atoms with Crippen LogP contribution in [0.4, 0.5) is 4.79 Å². The van der Waals surface area contributed by atoms with Crippen molar-refractivity contribution < 1.29 is 35.0 Å². The molecule has 0 rings (SSSR count). The molecule has 0 saturated carbocycles. The van der Waals surface area contributed by atoms with E-state index in [4.69, 9.17) is 18.8 Å². The van der Waals surface area contributed by atoms with E-state index in [1.54, 1.807) is 0 Å². The van der Waals surface area contributed by atoms with Gasteiger partial charge >= 0.3 is 55.7 Å². The van der Waals surface area contributed by atoms with Gasteiger partial charge in [-0.1, -0.05) is 0 Å². The summed E-state index contributed by atoms with van der Waals surface area (Å²) in [4.78, 5) is 8.56. The van der Waals surface area contributed by atoms with Crippen molar-refractivity contribution in [3.05, 3.63) is 0 Å². The third-order valence-electron chi connectivity index (χ3n) is 0. The number of hydrogen-bond donors (Lipinski definition) is 2. The van der Waals surface area contributed by atoms with E-state index in [9.17, 15) is 0 Å². The van der Waals surface area contributed by atoms with Crippen molar-refractivity contribution in [2.45, 2.75) is 0 Å². The molecule has 0 saturated heterocycles. The van der Waals surface area contributed by atoms with Crippen LogP contribution in [0, 0.1) is 0 Å². The van der Waals surface area contributed by atoms with Crippen LogP contribution in [-0.2, 0) is 20.0 Å². The summed E-state index contributed by atoms with van der Waals surface area (Å²) >= 11 is 1.38. The van der Waals surface area contributed by atoms with Crippen LogP contribution in [0.15, 0.2) is 0 Å². The van der Waals surface area contributed by atoms with Crippen molar-refractivity contribution in [2.75, 3.05) is 0 Å².